The van der Waals surface area contributed by atoms with Gasteiger partial charge in [-0.2, -0.15) is 0 Å². The van der Waals surface area contributed by atoms with Crippen molar-refractivity contribution in [2.45, 2.75) is 13.2 Å². The van der Waals surface area contributed by atoms with Crippen molar-refractivity contribution in [3.63, 3.8) is 0 Å². The van der Waals surface area contributed by atoms with Crippen molar-refractivity contribution < 1.29 is 19.2 Å². The molecule has 0 saturated carbocycles. The lowest BCUT2D eigenvalue weighted by Crippen LogP contribution is -2.30. The Bertz CT molecular complexity index is 531. The molecule has 98 valence electrons. The summed E-state index contributed by atoms with van der Waals surface area (Å²) in [6.45, 7) is 0.549. The molecule has 2 aromatic carbocycles. The largest absolute Gasteiger partial charge is 0.488 e. The fourth-order valence-corrected chi connectivity index (χ4v) is 1.69. The summed E-state index contributed by atoms with van der Waals surface area (Å²) in [5, 5.41) is 17.8. The summed E-state index contributed by atoms with van der Waals surface area (Å²) < 4.78 is 19.1. The van der Waals surface area contributed by atoms with Gasteiger partial charge in [-0.25, -0.2) is 4.39 Å². The van der Waals surface area contributed by atoms with Gasteiger partial charge in [-0.05, 0) is 17.1 Å². The molecular weight excluding hydrogens is 246 g/mol. The van der Waals surface area contributed by atoms with Crippen LogP contribution in [0.1, 0.15) is 11.1 Å². The van der Waals surface area contributed by atoms with Crippen LogP contribution in [0.3, 0.4) is 0 Å². The van der Waals surface area contributed by atoms with Crippen LogP contribution < -0.4 is 5.46 Å². The number of hydrogen-bond donors (Lipinski definition) is 2. The van der Waals surface area contributed by atoms with Crippen molar-refractivity contribution in [3.05, 3.63) is 65.5 Å². The number of hydrogen-bond acceptors (Lipinski definition) is 3. The molecule has 0 spiro atoms. The van der Waals surface area contributed by atoms with Gasteiger partial charge in [0.1, 0.15) is 5.82 Å². The summed E-state index contributed by atoms with van der Waals surface area (Å²) in [6.07, 6.45) is 0. The fourth-order valence-electron chi connectivity index (χ4n) is 1.69. The second-order valence-electron chi connectivity index (χ2n) is 4.20. The van der Waals surface area contributed by atoms with E-state index in [4.69, 9.17) is 14.8 Å². The molecule has 0 aliphatic carbocycles. The average Bonchev–Trinajstić information content (AvgIpc) is 2.41. The minimum atomic E-state index is -1.66. The van der Waals surface area contributed by atoms with E-state index >= 15 is 0 Å². The maximum absolute atomic E-state index is 13.6. The lowest BCUT2D eigenvalue weighted by atomic mass is 9.80. The molecule has 0 amide bonds. The van der Waals surface area contributed by atoms with E-state index in [9.17, 15) is 4.39 Å². The van der Waals surface area contributed by atoms with Crippen LogP contribution in [-0.2, 0) is 18.0 Å². The molecule has 2 rings (SSSR count). The van der Waals surface area contributed by atoms with Crippen LogP contribution >= 0.6 is 0 Å². The van der Waals surface area contributed by atoms with Crippen molar-refractivity contribution in [1.82, 2.24) is 0 Å². The zero-order chi connectivity index (χ0) is 13.7. The smallest absolute Gasteiger partial charge is 0.423 e. The van der Waals surface area contributed by atoms with Crippen molar-refractivity contribution >= 4 is 12.6 Å². The first-order valence-electron chi connectivity index (χ1n) is 5.93. The minimum absolute atomic E-state index is 0.129. The highest BCUT2D eigenvalue weighted by Crippen LogP contribution is 2.09. The Morgan fingerprint density at radius 3 is 2.37 bits per heavy atom. The topological polar surface area (TPSA) is 49.7 Å². The van der Waals surface area contributed by atoms with Crippen LogP contribution in [0.2, 0.25) is 0 Å². The average molecular weight is 260 g/mol. The molecule has 0 unspecified atom stereocenters. The maximum Gasteiger partial charge on any atom is 0.488 e. The van der Waals surface area contributed by atoms with Gasteiger partial charge in [-0.3, -0.25) is 0 Å². The molecule has 0 aliphatic rings. The summed E-state index contributed by atoms with van der Waals surface area (Å²) in [5.74, 6) is -0.501. The zero-order valence-corrected chi connectivity index (χ0v) is 10.3. The molecule has 0 aliphatic heterocycles. The highest BCUT2D eigenvalue weighted by molar-refractivity contribution is 6.58. The lowest BCUT2D eigenvalue weighted by Gasteiger charge is -2.07. The van der Waals surface area contributed by atoms with E-state index in [2.05, 4.69) is 0 Å². The summed E-state index contributed by atoms with van der Waals surface area (Å²) >= 11 is 0. The Balaban J connectivity index is 1.93. The van der Waals surface area contributed by atoms with Crippen LogP contribution in [0.15, 0.2) is 48.5 Å². The first-order chi connectivity index (χ1) is 9.16. The highest BCUT2D eigenvalue weighted by Gasteiger charge is 2.13. The molecule has 0 fully saturated rings. The van der Waals surface area contributed by atoms with E-state index in [1.54, 1.807) is 0 Å². The van der Waals surface area contributed by atoms with Gasteiger partial charge in [0.15, 0.2) is 0 Å². The molecule has 0 atom stereocenters. The molecule has 0 heterocycles. The Labute approximate surface area is 111 Å². The third kappa shape index (κ3) is 3.89. The van der Waals surface area contributed by atoms with Gasteiger partial charge >= 0.3 is 7.12 Å². The van der Waals surface area contributed by atoms with Crippen molar-refractivity contribution in [2.24, 2.45) is 0 Å². The van der Waals surface area contributed by atoms with E-state index in [1.807, 2.05) is 30.3 Å². The number of halogens is 1. The van der Waals surface area contributed by atoms with Crippen LogP contribution in [0.4, 0.5) is 4.39 Å². The molecule has 0 bridgehead atoms. The van der Waals surface area contributed by atoms with E-state index in [0.29, 0.717) is 12.2 Å². The standard InChI is InChI=1S/C14H14BFO3/c16-14-8-13(15(17)18)7-6-12(14)10-19-9-11-4-2-1-3-5-11/h1-8,17-18H,9-10H2. The van der Waals surface area contributed by atoms with Crippen LogP contribution in [0.5, 0.6) is 0 Å². The molecular formula is C14H14BFO3. The van der Waals surface area contributed by atoms with Gasteiger partial charge in [0.05, 0.1) is 13.2 Å². The molecule has 0 radical (unpaired) electrons. The molecule has 3 nitrogen and oxygen atoms in total. The monoisotopic (exact) mass is 260 g/mol. The van der Waals surface area contributed by atoms with Gasteiger partial charge in [0.25, 0.3) is 0 Å². The van der Waals surface area contributed by atoms with Gasteiger partial charge in [0.2, 0.25) is 0 Å². The molecule has 2 N–H and O–H groups in total. The van der Waals surface area contributed by atoms with Gasteiger partial charge in [-0.1, -0.05) is 42.5 Å². The SMILES string of the molecule is OB(O)c1ccc(COCc2ccccc2)c(F)c1. The summed E-state index contributed by atoms with van der Waals surface area (Å²) in [7, 11) is -1.66. The predicted octanol–water partition coefficient (Wildman–Crippen LogP) is 1.22. The van der Waals surface area contributed by atoms with Gasteiger partial charge in [0, 0.05) is 5.56 Å². The zero-order valence-electron chi connectivity index (χ0n) is 10.3. The third-order valence-corrected chi connectivity index (χ3v) is 2.74. The van der Waals surface area contributed by atoms with Crippen molar-refractivity contribution in [3.8, 4) is 0 Å². The van der Waals surface area contributed by atoms with Gasteiger partial charge < -0.3 is 14.8 Å². The van der Waals surface area contributed by atoms with E-state index in [0.717, 1.165) is 11.6 Å². The van der Waals surface area contributed by atoms with Crippen molar-refractivity contribution in [1.29, 1.82) is 0 Å². The second kappa shape index (κ2) is 6.47. The predicted molar refractivity (Wildman–Crippen MR) is 71.2 cm³/mol. The first kappa shape index (κ1) is 13.7. The number of benzene rings is 2. The molecule has 0 aromatic heterocycles. The second-order valence-corrected chi connectivity index (χ2v) is 4.20. The summed E-state index contributed by atoms with van der Waals surface area (Å²) in [4.78, 5) is 0. The first-order valence-corrected chi connectivity index (χ1v) is 5.93. The van der Waals surface area contributed by atoms with E-state index in [1.165, 1.54) is 12.1 Å². The Kier molecular flexibility index (Phi) is 4.68. The number of ether oxygens (including phenoxy) is 1. The van der Waals surface area contributed by atoms with E-state index < -0.39 is 12.9 Å². The lowest BCUT2D eigenvalue weighted by molar-refractivity contribution is 0.105. The molecule has 5 heteroatoms. The van der Waals surface area contributed by atoms with Gasteiger partial charge in [-0.15, -0.1) is 0 Å². The Morgan fingerprint density at radius 1 is 1.00 bits per heavy atom. The normalized spacial score (nSPS) is 10.5. The quantitative estimate of drug-likeness (QED) is 0.795. The minimum Gasteiger partial charge on any atom is -0.423 e. The number of rotatable bonds is 5. The fraction of sp³-hybridized carbons (Fsp3) is 0.143. The summed E-state index contributed by atoms with van der Waals surface area (Å²) in [6, 6.07) is 13.7. The highest BCUT2D eigenvalue weighted by atomic mass is 19.1. The van der Waals surface area contributed by atoms with Crippen LogP contribution in [0, 0.1) is 5.82 Å². The third-order valence-electron chi connectivity index (χ3n) is 2.74. The Morgan fingerprint density at radius 2 is 1.74 bits per heavy atom. The van der Waals surface area contributed by atoms with Crippen LogP contribution in [0.25, 0.3) is 0 Å². The molecule has 2 aromatic rings. The Hall–Kier alpha value is -1.69. The maximum atomic E-state index is 13.6. The van der Waals surface area contributed by atoms with Crippen LogP contribution in [-0.4, -0.2) is 17.2 Å². The van der Waals surface area contributed by atoms with Crippen molar-refractivity contribution in [2.75, 3.05) is 0 Å². The molecule has 0 saturated heterocycles. The molecule has 19 heavy (non-hydrogen) atoms. The van der Waals surface area contributed by atoms with E-state index in [-0.39, 0.29) is 12.1 Å². The summed E-state index contributed by atoms with van der Waals surface area (Å²) in [5.41, 5.74) is 1.54.